The lowest BCUT2D eigenvalue weighted by molar-refractivity contribution is -1.00. The van der Waals surface area contributed by atoms with E-state index in [1.807, 2.05) is 37.3 Å². The number of hydrazine groups is 1. The van der Waals surface area contributed by atoms with Crippen molar-refractivity contribution in [2.75, 3.05) is 52.9 Å². The van der Waals surface area contributed by atoms with Crippen molar-refractivity contribution >= 4 is 17.5 Å². The first-order valence-corrected chi connectivity index (χ1v) is 10.3. The average Bonchev–Trinajstić information content (AvgIpc) is 2.69. The zero-order chi connectivity index (χ0) is 19.9. The van der Waals surface area contributed by atoms with Gasteiger partial charge in [0.25, 0.3) is 0 Å². The Bertz CT molecular complexity index is 708. The van der Waals surface area contributed by atoms with Gasteiger partial charge < -0.3 is 15.1 Å². The van der Waals surface area contributed by atoms with Gasteiger partial charge in [-0.25, -0.2) is 5.01 Å². The summed E-state index contributed by atoms with van der Waals surface area (Å²) in [4.78, 5) is 27.7. The molecule has 0 atom stereocenters. The maximum atomic E-state index is 12.3. The normalized spacial score (nSPS) is 22.4. The summed E-state index contributed by atoms with van der Waals surface area (Å²) < 4.78 is 0. The summed E-state index contributed by atoms with van der Waals surface area (Å²) in [5, 5.41) is 4.37. The molecule has 1 fully saturated rings. The van der Waals surface area contributed by atoms with Gasteiger partial charge in [-0.15, -0.1) is 0 Å². The highest BCUT2D eigenvalue weighted by atomic mass is 16.2. The van der Waals surface area contributed by atoms with E-state index < -0.39 is 0 Å². The van der Waals surface area contributed by atoms with Crippen molar-refractivity contribution in [3.05, 3.63) is 41.5 Å². The molecule has 0 bridgehead atoms. The SMILES string of the molecule is Cc1ccc(C2=CCC(=O)N(CC(=O)NCCC[NH+]3CC[NH+](C)CC3)N2)cc1. The van der Waals surface area contributed by atoms with E-state index >= 15 is 0 Å². The molecule has 0 saturated carbocycles. The first kappa shape index (κ1) is 20.4. The number of quaternary nitrogens is 2. The number of piperazine rings is 1. The Morgan fingerprint density at radius 1 is 1.18 bits per heavy atom. The van der Waals surface area contributed by atoms with Crippen LogP contribution < -0.4 is 20.5 Å². The molecule has 0 aliphatic carbocycles. The number of hydrogen-bond acceptors (Lipinski definition) is 3. The monoisotopic (exact) mass is 387 g/mol. The van der Waals surface area contributed by atoms with Crippen molar-refractivity contribution in [3.8, 4) is 0 Å². The molecule has 2 heterocycles. The smallest absolute Gasteiger partial charge is 0.245 e. The highest BCUT2D eigenvalue weighted by Crippen LogP contribution is 2.17. The first-order chi connectivity index (χ1) is 13.5. The second-order valence-electron chi connectivity index (χ2n) is 7.94. The van der Waals surface area contributed by atoms with E-state index in [0.29, 0.717) is 13.0 Å². The molecule has 2 amide bonds. The molecule has 28 heavy (non-hydrogen) atoms. The minimum Gasteiger partial charge on any atom is -0.354 e. The van der Waals surface area contributed by atoms with E-state index in [2.05, 4.69) is 17.8 Å². The molecule has 152 valence electrons. The van der Waals surface area contributed by atoms with Gasteiger partial charge in [0.1, 0.15) is 32.7 Å². The lowest BCUT2D eigenvalue weighted by atomic mass is 10.1. The molecule has 1 saturated heterocycles. The summed E-state index contributed by atoms with van der Waals surface area (Å²) in [6.45, 7) is 8.69. The first-order valence-electron chi connectivity index (χ1n) is 10.3. The van der Waals surface area contributed by atoms with E-state index in [0.717, 1.165) is 24.2 Å². The van der Waals surface area contributed by atoms with Crippen molar-refractivity contribution < 1.29 is 19.4 Å². The maximum absolute atomic E-state index is 12.3. The average molecular weight is 388 g/mol. The van der Waals surface area contributed by atoms with Crippen molar-refractivity contribution in [1.29, 1.82) is 0 Å². The van der Waals surface area contributed by atoms with Crippen LogP contribution in [0.3, 0.4) is 0 Å². The van der Waals surface area contributed by atoms with Crippen LogP contribution in [0.2, 0.25) is 0 Å². The standard InChI is InChI=1S/C21H31N5O2/c1-17-4-6-18(7-5-17)19-8-9-21(28)26(23-19)16-20(27)22-10-3-11-25-14-12-24(2)13-15-25/h4-8,23H,3,9-16H2,1-2H3,(H,22,27)/p+2. The van der Waals surface area contributed by atoms with Crippen molar-refractivity contribution in [2.45, 2.75) is 19.8 Å². The Labute approximate surface area is 167 Å². The van der Waals surface area contributed by atoms with Crippen LogP contribution >= 0.6 is 0 Å². The van der Waals surface area contributed by atoms with Crippen LogP contribution in [0.5, 0.6) is 0 Å². The molecule has 0 aromatic heterocycles. The Balaban J connectivity index is 1.40. The number of nitrogens with zero attached hydrogens (tertiary/aromatic N) is 1. The Morgan fingerprint density at radius 3 is 2.61 bits per heavy atom. The Kier molecular flexibility index (Phi) is 7.06. The molecule has 4 N–H and O–H groups in total. The van der Waals surface area contributed by atoms with E-state index in [9.17, 15) is 9.59 Å². The van der Waals surface area contributed by atoms with Crippen molar-refractivity contribution in [2.24, 2.45) is 0 Å². The van der Waals surface area contributed by atoms with Gasteiger partial charge in [-0.2, -0.15) is 0 Å². The summed E-state index contributed by atoms with van der Waals surface area (Å²) in [5.41, 5.74) is 6.16. The zero-order valence-corrected chi connectivity index (χ0v) is 17.0. The fourth-order valence-corrected chi connectivity index (χ4v) is 3.64. The molecule has 2 aliphatic heterocycles. The van der Waals surface area contributed by atoms with E-state index in [1.54, 1.807) is 9.80 Å². The van der Waals surface area contributed by atoms with Crippen LogP contribution in [0.15, 0.2) is 30.3 Å². The number of hydrogen-bond donors (Lipinski definition) is 4. The predicted molar refractivity (Wildman–Crippen MR) is 108 cm³/mol. The highest BCUT2D eigenvalue weighted by molar-refractivity contribution is 5.88. The molecule has 0 unspecified atom stereocenters. The number of amides is 2. The van der Waals surface area contributed by atoms with E-state index in [4.69, 9.17) is 0 Å². The third-order valence-electron chi connectivity index (χ3n) is 5.54. The van der Waals surface area contributed by atoms with Crippen LogP contribution in [0.25, 0.3) is 5.70 Å². The molecule has 2 aliphatic rings. The molecule has 7 nitrogen and oxygen atoms in total. The Hall–Kier alpha value is -2.38. The van der Waals surface area contributed by atoms with Crippen LogP contribution in [0.1, 0.15) is 24.0 Å². The zero-order valence-electron chi connectivity index (χ0n) is 17.0. The minimum absolute atomic E-state index is 0.0345. The van der Waals surface area contributed by atoms with Crippen LogP contribution in [0.4, 0.5) is 0 Å². The number of nitrogens with one attached hydrogen (secondary N) is 4. The summed E-state index contributed by atoms with van der Waals surface area (Å²) in [6, 6.07) is 8.11. The van der Waals surface area contributed by atoms with Gasteiger partial charge in [0.2, 0.25) is 11.8 Å². The summed E-state index contributed by atoms with van der Waals surface area (Å²) in [6.07, 6.45) is 3.15. The fraction of sp³-hybridized carbons (Fsp3) is 0.524. The van der Waals surface area contributed by atoms with Crippen molar-refractivity contribution in [3.63, 3.8) is 0 Å². The lowest BCUT2D eigenvalue weighted by Gasteiger charge is -2.29. The summed E-state index contributed by atoms with van der Waals surface area (Å²) in [5.74, 6) is -0.209. The highest BCUT2D eigenvalue weighted by Gasteiger charge is 2.22. The molecular formula is C21H33N5O2+2. The second-order valence-corrected chi connectivity index (χ2v) is 7.94. The van der Waals surface area contributed by atoms with E-state index in [1.165, 1.54) is 36.8 Å². The van der Waals surface area contributed by atoms with Gasteiger partial charge in [-0.1, -0.05) is 29.8 Å². The van der Waals surface area contributed by atoms with Gasteiger partial charge in [-0.3, -0.25) is 15.0 Å². The largest absolute Gasteiger partial charge is 0.354 e. The third-order valence-corrected chi connectivity index (χ3v) is 5.54. The van der Waals surface area contributed by atoms with Gasteiger partial charge >= 0.3 is 0 Å². The number of likely N-dealkylation sites (N-methyl/N-ethyl adjacent to an activating group) is 1. The van der Waals surface area contributed by atoms with E-state index in [-0.39, 0.29) is 18.4 Å². The van der Waals surface area contributed by atoms with Gasteiger partial charge in [0, 0.05) is 19.4 Å². The van der Waals surface area contributed by atoms with Gasteiger partial charge in [0.05, 0.1) is 19.3 Å². The lowest BCUT2D eigenvalue weighted by Crippen LogP contribution is -3.27. The molecule has 0 radical (unpaired) electrons. The maximum Gasteiger partial charge on any atom is 0.245 e. The summed E-state index contributed by atoms with van der Waals surface area (Å²) >= 11 is 0. The van der Waals surface area contributed by atoms with Gasteiger partial charge in [0.15, 0.2) is 0 Å². The number of rotatable bonds is 7. The Morgan fingerprint density at radius 2 is 1.89 bits per heavy atom. The van der Waals surface area contributed by atoms with Crippen molar-refractivity contribution in [1.82, 2.24) is 15.8 Å². The van der Waals surface area contributed by atoms with Crippen LogP contribution in [-0.2, 0) is 9.59 Å². The number of carbonyl (C=O) groups excluding carboxylic acids is 2. The molecule has 7 heteroatoms. The van der Waals surface area contributed by atoms with Crippen LogP contribution in [0, 0.1) is 6.92 Å². The molecular weight excluding hydrogens is 354 g/mol. The minimum atomic E-state index is -0.121. The number of carbonyl (C=O) groups is 2. The molecule has 1 aromatic rings. The molecule has 0 spiro atoms. The predicted octanol–water partition coefficient (Wildman–Crippen LogP) is -2.01. The molecule has 1 aromatic carbocycles. The topological polar surface area (TPSA) is 70.3 Å². The number of aryl methyl sites for hydroxylation is 1. The fourth-order valence-electron chi connectivity index (χ4n) is 3.64. The summed E-state index contributed by atoms with van der Waals surface area (Å²) in [7, 11) is 2.24. The second kappa shape index (κ2) is 9.71. The van der Waals surface area contributed by atoms with Crippen LogP contribution in [-0.4, -0.2) is 69.7 Å². The number of benzene rings is 1. The quantitative estimate of drug-likeness (QED) is 0.409. The van der Waals surface area contributed by atoms with Gasteiger partial charge in [-0.05, 0) is 18.6 Å². The third kappa shape index (κ3) is 5.81. The molecule has 3 rings (SSSR count).